The summed E-state index contributed by atoms with van der Waals surface area (Å²) in [7, 11) is 1.57. The molecule has 1 aliphatic heterocycles. The Morgan fingerprint density at radius 1 is 1.00 bits per heavy atom. The highest BCUT2D eigenvalue weighted by atomic mass is 16.5. The quantitative estimate of drug-likeness (QED) is 0.224. The first kappa shape index (κ1) is 24.9. The molecule has 0 aliphatic carbocycles. The Hall–Kier alpha value is -4.24. The smallest absolute Gasteiger partial charge is 0.268 e. The van der Waals surface area contributed by atoms with Crippen molar-refractivity contribution < 1.29 is 19.0 Å². The maximum atomic E-state index is 13.1. The number of benzene rings is 3. The van der Waals surface area contributed by atoms with E-state index in [0.717, 1.165) is 34.5 Å². The molecule has 0 saturated heterocycles. The normalized spacial score (nSPS) is 12.6. The predicted molar refractivity (Wildman–Crippen MR) is 141 cm³/mol. The molecule has 0 fully saturated rings. The van der Waals surface area contributed by atoms with Crippen LogP contribution in [-0.2, 0) is 11.2 Å². The number of carbonyl (C=O) groups is 1. The minimum absolute atomic E-state index is 0.0751. The van der Waals surface area contributed by atoms with E-state index in [1.54, 1.807) is 30.2 Å². The number of methoxy groups -OCH3 is 1. The van der Waals surface area contributed by atoms with Crippen LogP contribution in [0, 0.1) is 25.2 Å². The number of nitriles is 1. The number of nitrogens with zero attached hydrogens (tertiary/aromatic N) is 2. The average Bonchev–Trinajstić information content (AvgIpc) is 3.33. The molecule has 1 amide bonds. The molecule has 0 N–H and O–H groups in total. The monoisotopic (exact) mass is 482 g/mol. The third-order valence-corrected chi connectivity index (χ3v) is 6.18. The molecule has 0 aromatic heterocycles. The molecular formula is C30H30N2O4. The lowest BCUT2D eigenvalue weighted by molar-refractivity contribution is -0.114. The molecule has 6 heteroatoms. The van der Waals surface area contributed by atoms with Crippen LogP contribution in [0.5, 0.6) is 17.2 Å². The lowest BCUT2D eigenvalue weighted by atomic mass is 10.1. The second-order valence-electron chi connectivity index (χ2n) is 8.69. The van der Waals surface area contributed by atoms with Crippen molar-refractivity contribution in [2.45, 2.75) is 26.7 Å². The zero-order chi connectivity index (χ0) is 25.5. The first-order chi connectivity index (χ1) is 17.5. The van der Waals surface area contributed by atoms with Crippen LogP contribution in [0.1, 0.15) is 28.7 Å². The number of fused-ring (bicyclic) bond motifs is 1. The van der Waals surface area contributed by atoms with Crippen LogP contribution in [0.4, 0.5) is 5.69 Å². The molecule has 3 aromatic rings. The van der Waals surface area contributed by atoms with Gasteiger partial charge in [0.2, 0.25) is 0 Å². The molecule has 0 unspecified atom stereocenters. The lowest BCUT2D eigenvalue weighted by Crippen LogP contribution is -2.29. The minimum atomic E-state index is -0.300. The maximum Gasteiger partial charge on any atom is 0.268 e. The van der Waals surface area contributed by atoms with E-state index >= 15 is 0 Å². The number of carbonyl (C=O) groups excluding carboxylic acids is 1. The van der Waals surface area contributed by atoms with Crippen molar-refractivity contribution in [1.29, 1.82) is 5.26 Å². The Morgan fingerprint density at radius 3 is 2.50 bits per heavy atom. The van der Waals surface area contributed by atoms with Crippen LogP contribution in [0.25, 0.3) is 6.08 Å². The van der Waals surface area contributed by atoms with Crippen LogP contribution in [0.3, 0.4) is 0 Å². The van der Waals surface area contributed by atoms with Crippen molar-refractivity contribution in [2.24, 2.45) is 0 Å². The summed E-state index contributed by atoms with van der Waals surface area (Å²) in [6.07, 6.45) is 3.09. The van der Waals surface area contributed by atoms with Crippen LogP contribution in [0.2, 0.25) is 0 Å². The topological polar surface area (TPSA) is 71.8 Å². The largest absolute Gasteiger partial charge is 0.493 e. The van der Waals surface area contributed by atoms with E-state index in [1.807, 2.05) is 62.4 Å². The number of anilines is 1. The van der Waals surface area contributed by atoms with Gasteiger partial charge in [-0.1, -0.05) is 42.5 Å². The molecule has 0 spiro atoms. The molecule has 36 heavy (non-hydrogen) atoms. The summed E-state index contributed by atoms with van der Waals surface area (Å²) in [6, 6.07) is 21.3. The summed E-state index contributed by atoms with van der Waals surface area (Å²) in [4.78, 5) is 14.7. The second kappa shape index (κ2) is 11.5. The van der Waals surface area contributed by atoms with Crippen molar-refractivity contribution in [3.05, 3.63) is 88.5 Å². The summed E-state index contributed by atoms with van der Waals surface area (Å²) in [6.45, 7) is 5.65. The Bertz CT molecular complexity index is 1300. The zero-order valence-corrected chi connectivity index (χ0v) is 20.9. The number of para-hydroxylation sites is 2. The number of aryl methyl sites for hydroxylation is 2. The summed E-state index contributed by atoms with van der Waals surface area (Å²) in [5.41, 5.74) is 4.98. The third-order valence-electron chi connectivity index (χ3n) is 6.18. The van der Waals surface area contributed by atoms with E-state index in [-0.39, 0.29) is 11.5 Å². The van der Waals surface area contributed by atoms with Gasteiger partial charge in [0.15, 0.2) is 11.5 Å². The van der Waals surface area contributed by atoms with Gasteiger partial charge >= 0.3 is 0 Å². The van der Waals surface area contributed by atoms with Crippen LogP contribution >= 0.6 is 0 Å². The zero-order valence-electron chi connectivity index (χ0n) is 20.9. The maximum absolute atomic E-state index is 13.1. The molecule has 3 aromatic carbocycles. The van der Waals surface area contributed by atoms with E-state index in [0.29, 0.717) is 43.2 Å². The van der Waals surface area contributed by atoms with Crippen molar-refractivity contribution in [1.82, 2.24) is 0 Å². The summed E-state index contributed by atoms with van der Waals surface area (Å²) < 4.78 is 17.4. The predicted octanol–water partition coefficient (Wildman–Crippen LogP) is 5.66. The van der Waals surface area contributed by atoms with Gasteiger partial charge in [0.25, 0.3) is 5.91 Å². The Kier molecular flexibility index (Phi) is 7.92. The van der Waals surface area contributed by atoms with Gasteiger partial charge in [-0.2, -0.15) is 5.26 Å². The minimum Gasteiger partial charge on any atom is -0.493 e. The molecule has 0 saturated carbocycles. The first-order valence-corrected chi connectivity index (χ1v) is 12.0. The number of rotatable bonds is 9. The number of ether oxygens (including phenoxy) is 3. The van der Waals surface area contributed by atoms with Gasteiger partial charge in [0.1, 0.15) is 17.4 Å². The second-order valence-corrected chi connectivity index (χ2v) is 8.69. The number of amides is 1. The fourth-order valence-electron chi connectivity index (χ4n) is 4.34. The van der Waals surface area contributed by atoms with Gasteiger partial charge in [0, 0.05) is 18.7 Å². The van der Waals surface area contributed by atoms with Gasteiger partial charge in [-0.3, -0.25) is 4.79 Å². The SMILES string of the molecule is COc1cc(C=C(C#N)C(=O)N2CCc3ccccc32)ccc1OCCCOc1c(C)cccc1C. The highest BCUT2D eigenvalue weighted by Gasteiger charge is 2.26. The highest BCUT2D eigenvalue weighted by molar-refractivity contribution is 6.12. The van der Waals surface area contributed by atoms with Crippen molar-refractivity contribution >= 4 is 17.7 Å². The molecule has 0 atom stereocenters. The van der Waals surface area contributed by atoms with Gasteiger partial charge in [-0.25, -0.2) is 0 Å². The Balaban J connectivity index is 1.38. The summed E-state index contributed by atoms with van der Waals surface area (Å²) in [5.74, 6) is 1.76. The van der Waals surface area contributed by atoms with Gasteiger partial charge in [-0.15, -0.1) is 0 Å². The number of hydrogen-bond donors (Lipinski definition) is 0. The molecule has 0 bridgehead atoms. The molecule has 0 radical (unpaired) electrons. The van der Waals surface area contributed by atoms with E-state index < -0.39 is 0 Å². The Labute approximate surface area is 212 Å². The molecule has 6 nitrogen and oxygen atoms in total. The molecule has 4 rings (SSSR count). The summed E-state index contributed by atoms with van der Waals surface area (Å²) >= 11 is 0. The first-order valence-electron chi connectivity index (χ1n) is 12.0. The van der Waals surface area contributed by atoms with E-state index in [1.165, 1.54) is 0 Å². The average molecular weight is 483 g/mol. The van der Waals surface area contributed by atoms with Gasteiger partial charge in [-0.05, 0) is 66.8 Å². The molecule has 1 aliphatic rings. The number of hydrogen-bond acceptors (Lipinski definition) is 5. The van der Waals surface area contributed by atoms with E-state index in [2.05, 4.69) is 6.07 Å². The van der Waals surface area contributed by atoms with E-state index in [9.17, 15) is 10.1 Å². The third kappa shape index (κ3) is 5.52. The van der Waals surface area contributed by atoms with Crippen molar-refractivity contribution in [3.63, 3.8) is 0 Å². The van der Waals surface area contributed by atoms with Gasteiger partial charge < -0.3 is 19.1 Å². The fourth-order valence-corrected chi connectivity index (χ4v) is 4.34. The highest BCUT2D eigenvalue weighted by Crippen LogP contribution is 2.31. The van der Waals surface area contributed by atoms with Crippen molar-refractivity contribution in [3.8, 4) is 23.3 Å². The van der Waals surface area contributed by atoms with Gasteiger partial charge in [0.05, 0.1) is 20.3 Å². The van der Waals surface area contributed by atoms with E-state index in [4.69, 9.17) is 14.2 Å². The van der Waals surface area contributed by atoms with Crippen LogP contribution in [-0.4, -0.2) is 32.8 Å². The van der Waals surface area contributed by atoms with Crippen LogP contribution < -0.4 is 19.1 Å². The summed E-state index contributed by atoms with van der Waals surface area (Å²) in [5, 5.41) is 9.70. The standard InChI is InChI=1S/C30H30N2O4/c1-21-8-6-9-22(2)29(21)36-17-7-16-35-27-13-12-23(19-28(27)34-3)18-25(20-31)30(33)32-15-14-24-10-4-5-11-26(24)32/h4-6,8-13,18-19H,7,14-17H2,1-3H3. The van der Waals surface area contributed by atoms with Crippen LogP contribution in [0.15, 0.2) is 66.2 Å². The van der Waals surface area contributed by atoms with Crippen molar-refractivity contribution in [2.75, 3.05) is 31.8 Å². The molecule has 1 heterocycles. The molecule has 184 valence electrons. The lowest BCUT2D eigenvalue weighted by Gasteiger charge is -2.17. The Morgan fingerprint density at radius 2 is 1.75 bits per heavy atom. The fraction of sp³-hybridized carbons (Fsp3) is 0.267. The molecular weight excluding hydrogens is 452 g/mol.